The van der Waals surface area contributed by atoms with Crippen LogP contribution in [-0.4, -0.2) is 37.9 Å². The number of unbranched alkanes of at least 4 members (excludes halogenated alkanes) is 15. The first-order valence-corrected chi connectivity index (χ1v) is 24.4. The van der Waals surface area contributed by atoms with E-state index >= 15 is 0 Å². The second-order valence-corrected chi connectivity index (χ2v) is 15.6. The summed E-state index contributed by atoms with van der Waals surface area (Å²) in [6.07, 6.45) is 68.5. The van der Waals surface area contributed by atoms with Crippen LogP contribution in [0.4, 0.5) is 0 Å². The Hall–Kier alpha value is -3.44. The van der Waals surface area contributed by atoms with E-state index in [0.717, 1.165) is 70.6 Å². The Kier molecular flexibility index (Phi) is 47.1. The molecule has 1 unspecified atom stereocenters. The van der Waals surface area contributed by atoms with Crippen LogP contribution in [0.25, 0.3) is 0 Å². The van der Waals surface area contributed by atoms with E-state index in [0.29, 0.717) is 13.0 Å². The number of ether oxygens (including phenoxy) is 3. The average molecular weight is 831 g/mol. The topological polar surface area (TPSA) is 61.8 Å². The fraction of sp³-hybridized carbons (Fsp3) is 0.636. The van der Waals surface area contributed by atoms with E-state index in [1.54, 1.807) is 0 Å². The van der Waals surface area contributed by atoms with Crippen molar-refractivity contribution in [3.05, 3.63) is 109 Å². The van der Waals surface area contributed by atoms with E-state index in [1.165, 1.54) is 89.9 Å². The van der Waals surface area contributed by atoms with Crippen LogP contribution in [0.3, 0.4) is 0 Å². The molecule has 0 fully saturated rings. The van der Waals surface area contributed by atoms with E-state index in [9.17, 15) is 9.59 Å². The van der Waals surface area contributed by atoms with Crippen molar-refractivity contribution in [3.8, 4) is 0 Å². The van der Waals surface area contributed by atoms with Crippen LogP contribution in [0.5, 0.6) is 0 Å². The first-order valence-electron chi connectivity index (χ1n) is 24.4. The Morgan fingerprint density at radius 2 is 0.767 bits per heavy atom. The quantitative estimate of drug-likeness (QED) is 0.0348. The van der Waals surface area contributed by atoms with Gasteiger partial charge in [0.1, 0.15) is 6.61 Å². The maximum atomic E-state index is 12.7. The van der Waals surface area contributed by atoms with Gasteiger partial charge in [0.2, 0.25) is 0 Å². The van der Waals surface area contributed by atoms with E-state index in [1.807, 2.05) is 18.2 Å². The first-order chi connectivity index (χ1) is 29.6. The zero-order chi connectivity index (χ0) is 43.5. The molecule has 0 rings (SSSR count). The molecule has 0 aromatic carbocycles. The minimum Gasteiger partial charge on any atom is -0.461 e. The minimum atomic E-state index is -0.617. The number of carbonyl (C=O) groups is 2. The molecule has 60 heavy (non-hydrogen) atoms. The maximum absolute atomic E-state index is 12.7. The van der Waals surface area contributed by atoms with Gasteiger partial charge in [-0.1, -0.05) is 226 Å². The molecule has 0 heterocycles. The molecule has 0 spiro atoms. The number of hydrogen-bond acceptors (Lipinski definition) is 5. The predicted molar refractivity (Wildman–Crippen MR) is 260 cm³/mol. The Balaban J connectivity index is 4.47. The molecule has 0 aromatic heterocycles. The van der Waals surface area contributed by atoms with Crippen molar-refractivity contribution in [3.63, 3.8) is 0 Å². The zero-order valence-corrected chi connectivity index (χ0v) is 38.9. The summed E-state index contributed by atoms with van der Waals surface area (Å²) in [6.45, 7) is 7.41. The van der Waals surface area contributed by atoms with E-state index in [2.05, 4.69) is 112 Å². The lowest BCUT2D eigenvalue weighted by molar-refractivity contribution is -0.162. The summed E-state index contributed by atoms with van der Waals surface area (Å²) in [7, 11) is 0. The van der Waals surface area contributed by atoms with Gasteiger partial charge in [0.15, 0.2) is 6.10 Å². The normalized spacial score (nSPS) is 13.2. The Labute approximate surface area is 370 Å². The molecule has 0 N–H and O–H groups in total. The van der Waals surface area contributed by atoms with Gasteiger partial charge in [-0.3, -0.25) is 9.59 Å². The molecule has 0 radical (unpaired) electrons. The minimum absolute atomic E-state index is 0.00178. The lowest BCUT2D eigenvalue weighted by atomic mass is 10.0. The van der Waals surface area contributed by atoms with Crippen molar-refractivity contribution in [2.75, 3.05) is 19.8 Å². The van der Waals surface area contributed by atoms with Crippen molar-refractivity contribution < 1.29 is 23.8 Å². The molecule has 0 aliphatic heterocycles. The van der Waals surface area contributed by atoms with Crippen LogP contribution in [0.15, 0.2) is 109 Å². The van der Waals surface area contributed by atoms with Crippen molar-refractivity contribution in [1.82, 2.24) is 0 Å². The molecule has 0 saturated heterocycles. The first kappa shape index (κ1) is 56.6. The Morgan fingerprint density at radius 3 is 1.18 bits per heavy atom. The highest BCUT2D eigenvalue weighted by atomic mass is 16.6. The van der Waals surface area contributed by atoms with Crippen molar-refractivity contribution in [2.24, 2.45) is 0 Å². The molecule has 0 aliphatic rings. The fourth-order valence-corrected chi connectivity index (χ4v) is 6.30. The second-order valence-electron chi connectivity index (χ2n) is 15.6. The van der Waals surface area contributed by atoms with Crippen LogP contribution in [-0.2, 0) is 23.8 Å². The predicted octanol–water partition coefficient (Wildman–Crippen LogP) is 16.4. The smallest absolute Gasteiger partial charge is 0.309 e. The summed E-state index contributed by atoms with van der Waals surface area (Å²) in [6, 6.07) is 0. The molecule has 0 aromatic rings. The van der Waals surface area contributed by atoms with Gasteiger partial charge in [-0.2, -0.15) is 0 Å². The van der Waals surface area contributed by atoms with Crippen molar-refractivity contribution in [1.29, 1.82) is 0 Å². The molecular weight excluding hydrogens is 741 g/mol. The van der Waals surface area contributed by atoms with Gasteiger partial charge in [-0.25, -0.2) is 0 Å². The van der Waals surface area contributed by atoms with E-state index in [-0.39, 0.29) is 38.0 Å². The maximum Gasteiger partial charge on any atom is 0.309 e. The van der Waals surface area contributed by atoms with Crippen molar-refractivity contribution >= 4 is 11.9 Å². The van der Waals surface area contributed by atoms with Crippen LogP contribution in [0.1, 0.15) is 201 Å². The highest BCUT2D eigenvalue weighted by molar-refractivity contribution is 5.71. The molecule has 0 amide bonds. The lowest BCUT2D eigenvalue weighted by Crippen LogP contribution is -2.30. The molecule has 0 saturated carbocycles. The molecule has 0 aliphatic carbocycles. The molecular formula is C55H90O5. The standard InChI is InChI=1S/C55H90O5/c1-4-7-10-13-16-19-22-25-27-29-32-35-38-41-44-47-50-58-51-53(60-55(57)49-46-43-40-37-34-30-24-21-18-15-12-9-6-3)52-59-54(56)48-45-42-39-36-33-31-28-26-23-20-17-14-11-8-5-2/h8-9,11-12,17-18,20-21,26,28,30,33-34,36,40,42-43,45,53H,4-7,10,13-16,19,22-25,27,29,31-32,35,37-39,41,44,46-52H2,1-3H3/b11-8-,12-9-,20-17-,21-18-,28-26-,34-30-,36-33-,43-40-,45-42-. The van der Waals surface area contributed by atoms with E-state index < -0.39 is 6.10 Å². The molecule has 340 valence electrons. The third-order valence-corrected chi connectivity index (χ3v) is 9.85. The summed E-state index contributed by atoms with van der Waals surface area (Å²) in [5, 5.41) is 0. The lowest BCUT2D eigenvalue weighted by Gasteiger charge is -2.18. The van der Waals surface area contributed by atoms with Crippen LogP contribution < -0.4 is 0 Å². The second kappa shape index (κ2) is 49.9. The summed E-state index contributed by atoms with van der Waals surface area (Å²) in [5.41, 5.74) is 0. The SMILES string of the molecule is CC/C=C\C/C=C\C/C=C\C/C=C\C/C=C\CC(=O)OCC(COCCCCCCCCCCCCCCCCCC)OC(=O)CC/C=C\C/C=C\C/C=C\C/C=C\CC. The van der Waals surface area contributed by atoms with Gasteiger partial charge >= 0.3 is 11.9 Å². The summed E-state index contributed by atoms with van der Waals surface area (Å²) in [5.74, 6) is -0.641. The summed E-state index contributed by atoms with van der Waals surface area (Å²) in [4.78, 5) is 25.2. The monoisotopic (exact) mass is 831 g/mol. The fourth-order valence-electron chi connectivity index (χ4n) is 6.30. The van der Waals surface area contributed by atoms with Gasteiger partial charge in [0.05, 0.1) is 13.0 Å². The average Bonchev–Trinajstić information content (AvgIpc) is 3.25. The summed E-state index contributed by atoms with van der Waals surface area (Å²) >= 11 is 0. The zero-order valence-electron chi connectivity index (χ0n) is 38.9. The third-order valence-electron chi connectivity index (χ3n) is 9.85. The molecule has 1 atom stereocenters. The third kappa shape index (κ3) is 47.2. The van der Waals surface area contributed by atoms with Gasteiger partial charge in [0, 0.05) is 13.0 Å². The molecule has 0 bridgehead atoms. The van der Waals surface area contributed by atoms with Gasteiger partial charge in [-0.05, 0) is 70.6 Å². The van der Waals surface area contributed by atoms with Crippen LogP contribution in [0, 0.1) is 0 Å². The van der Waals surface area contributed by atoms with Crippen LogP contribution in [0.2, 0.25) is 0 Å². The largest absolute Gasteiger partial charge is 0.461 e. The van der Waals surface area contributed by atoms with Gasteiger partial charge in [-0.15, -0.1) is 0 Å². The van der Waals surface area contributed by atoms with Crippen LogP contribution >= 0.6 is 0 Å². The number of rotatable bonds is 43. The number of carbonyl (C=O) groups excluding carboxylic acids is 2. The molecule has 5 nitrogen and oxygen atoms in total. The van der Waals surface area contributed by atoms with Gasteiger partial charge < -0.3 is 14.2 Å². The number of esters is 2. The number of hydrogen-bond donors (Lipinski definition) is 0. The van der Waals surface area contributed by atoms with Gasteiger partial charge in [0.25, 0.3) is 0 Å². The highest BCUT2D eigenvalue weighted by Crippen LogP contribution is 2.14. The number of allylic oxidation sites excluding steroid dienone is 17. The Bertz CT molecular complexity index is 1210. The highest BCUT2D eigenvalue weighted by Gasteiger charge is 2.17. The van der Waals surface area contributed by atoms with E-state index in [4.69, 9.17) is 14.2 Å². The summed E-state index contributed by atoms with van der Waals surface area (Å²) < 4.78 is 17.2. The Morgan fingerprint density at radius 1 is 0.400 bits per heavy atom. The van der Waals surface area contributed by atoms with Crippen molar-refractivity contribution in [2.45, 2.75) is 207 Å². The molecule has 5 heteroatoms.